The van der Waals surface area contributed by atoms with Gasteiger partial charge in [0.2, 0.25) is 0 Å². The molecule has 1 fully saturated rings. The molecule has 0 aliphatic carbocycles. The Labute approximate surface area is 183 Å². The molecule has 0 unspecified atom stereocenters. The monoisotopic (exact) mass is 473 g/mol. The predicted molar refractivity (Wildman–Crippen MR) is 119 cm³/mol. The van der Waals surface area contributed by atoms with E-state index in [1.54, 1.807) is 12.1 Å². The summed E-state index contributed by atoms with van der Waals surface area (Å²) in [7, 11) is 0. The van der Waals surface area contributed by atoms with Gasteiger partial charge in [-0.25, -0.2) is 4.98 Å². The molecule has 0 spiro atoms. The quantitative estimate of drug-likeness (QED) is 0.596. The second-order valence-electron chi connectivity index (χ2n) is 6.94. The number of hydrogen-bond donors (Lipinski definition) is 1. The Morgan fingerprint density at radius 2 is 2.00 bits per heavy atom. The number of hydrogen-bond acceptors (Lipinski definition) is 4. The summed E-state index contributed by atoms with van der Waals surface area (Å²) < 4.78 is 6.33. The van der Waals surface area contributed by atoms with E-state index in [9.17, 15) is 4.79 Å². The lowest BCUT2D eigenvalue weighted by atomic mass is 10.0. The fourth-order valence-electron chi connectivity index (χ4n) is 3.43. The Hall–Kier alpha value is -1.99. The number of amides is 1. The minimum absolute atomic E-state index is 0.121. The number of pyridine rings is 1. The van der Waals surface area contributed by atoms with Crippen molar-refractivity contribution in [2.45, 2.75) is 0 Å². The first-order valence-corrected chi connectivity index (χ1v) is 10.7. The van der Waals surface area contributed by atoms with Crippen molar-refractivity contribution >= 4 is 44.3 Å². The van der Waals surface area contributed by atoms with Crippen molar-refractivity contribution in [3.63, 3.8) is 0 Å². The van der Waals surface area contributed by atoms with Crippen LogP contribution in [-0.2, 0) is 4.74 Å². The van der Waals surface area contributed by atoms with Crippen LogP contribution in [0.2, 0.25) is 5.02 Å². The van der Waals surface area contributed by atoms with E-state index in [0.29, 0.717) is 17.1 Å². The van der Waals surface area contributed by atoms with Crippen molar-refractivity contribution in [2.24, 2.45) is 0 Å². The van der Waals surface area contributed by atoms with E-state index in [4.69, 9.17) is 21.3 Å². The van der Waals surface area contributed by atoms with Crippen molar-refractivity contribution in [1.82, 2.24) is 15.2 Å². The minimum atomic E-state index is -0.121. The number of ether oxygens (including phenoxy) is 1. The van der Waals surface area contributed by atoms with E-state index in [-0.39, 0.29) is 5.91 Å². The number of aromatic nitrogens is 1. The number of nitrogens with zero attached hydrogens (tertiary/aromatic N) is 2. The first-order chi connectivity index (χ1) is 14.1. The topological polar surface area (TPSA) is 54.5 Å². The fraction of sp³-hybridized carbons (Fsp3) is 0.273. The van der Waals surface area contributed by atoms with Gasteiger partial charge >= 0.3 is 0 Å². The van der Waals surface area contributed by atoms with Crippen LogP contribution in [-0.4, -0.2) is 55.2 Å². The second-order valence-corrected chi connectivity index (χ2v) is 8.29. The fourth-order valence-corrected chi connectivity index (χ4v) is 4.00. The first kappa shape index (κ1) is 20.3. The Balaban J connectivity index is 1.62. The maximum absolute atomic E-state index is 13.0. The average Bonchev–Trinajstić information content (AvgIpc) is 2.73. The van der Waals surface area contributed by atoms with E-state index in [1.165, 1.54) is 0 Å². The standard InChI is InChI=1S/C22H21BrClN3O2/c23-16-3-1-2-15(12-16)21-14-19(18-13-17(24)4-5-20(18)26-21)22(28)25-6-7-27-8-10-29-11-9-27/h1-5,12-14H,6-11H2,(H,25,28). The summed E-state index contributed by atoms with van der Waals surface area (Å²) in [6.07, 6.45) is 0. The average molecular weight is 475 g/mol. The molecule has 1 aliphatic heterocycles. The number of carbonyl (C=O) groups is 1. The molecule has 1 N–H and O–H groups in total. The molecule has 3 aromatic rings. The largest absolute Gasteiger partial charge is 0.379 e. The maximum atomic E-state index is 13.0. The van der Waals surface area contributed by atoms with Crippen LogP contribution in [0.25, 0.3) is 22.2 Å². The molecule has 0 radical (unpaired) electrons. The molecule has 150 valence electrons. The predicted octanol–water partition coefficient (Wildman–Crippen LogP) is 4.38. The smallest absolute Gasteiger partial charge is 0.252 e. The van der Waals surface area contributed by atoms with Gasteiger partial charge in [0.15, 0.2) is 0 Å². The van der Waals surface area contributed by atoms with E-state index in [2.05, 4.69) is 26.1 Å². The molecule has 1 aromatic heterocycles. The van der Waals surface area contributed by atoms with Crippen LogP contribution in [0.4, 0.5) is 0 Å². The molecule has 2 heterocycles. The van der Waals surface area contributed by atoms with Gasteiger partial charge in [0, 0.05) is 46.6 Å². The van der Waals surface area contributed by atoms with E-state index in [0.717, 1.165) is 59.5 Å². The lowest BCUT2D eigenvalue weighted by Crippen LogP contribution is -2.41. The van der Waals surface area contributed by atoms with Gasteiger partial charge < -0.3 is 10.1 Å². The summed E-state index contributed by atoms with van der Waals surface area (Å²) in [5.41, 5.74) is 3.01. The third-order valence-corrected chi connectivity index (χ3v) is 5.68. The van der Waals surface area contributed by atoms with Crippen molar-refractivity contribution in [3.05, 3.63) is 63.6 Å². The normalized spacial score (nSPS) is 14.8. The van der Waals surface area contributed by atoms with Crippen molar-refractivity contribution < 1.29 is 9.53 Å². The summed E-state index contributed by atoms with van der Waals surface area (Å²) in [5, 5.41) is 4.38. The van der Waals surface area contributed by atoms with E-state index in [1.807, 2.05) is 36.4 Å². The molecule has 0 bridgehead atoms. The zero-order valence-corrected chi connectivity index (χ0v) is 18.2. The summed E-state index contributed by atoms with van der Waals surface area (Å²) in [6.45, 7) is 4.68. The summed E-state index contributed by atoms with van der Waals surface area (Å²) in [5.74, 6) is -0.121. The van der Waals surface area contributed by atoms with Crippen molar-refractivity contribution in [2.75, 3.05) is 39.4 Å². The van der Waals surface area contributed by atoms with Crippen molar-refractivity contribution in [3.8, 4) is 11.3 Å². The number of fused-ring (bicyclic) bond motifs is 1. The zero-order valence-electron chi connectivity index (χ0n) is 15.8. The van der Waals surface area contributed by atoms with Crippen molar-refractivity contribution in [1.29, 1.82) is 0 Å². The maximum Gasteiger partial charge on any atom is 0.252 e. The lowest BCUT2D eigenvalue weighted by Gasteiger charge is -2.26. The number of benzene rings is 2. The Morgan fingerprint density at radius 1 is 1.17 bits per heavy atom. The van der Waals surface area contributed by atoms with Crippen LogP contribution >= 0.6 is 27.5 Å². The summed E-state index contributed by atoms with van der Waals surface area (Å²) in [6, 6.07) is 15.2. The van der Waals surface area contributed by atoms with Crippen LogP contribution in [0.3, 0.4) is 0 Å². The van der Waals surface area contributed by atoms with Gasteiger partial charge in [-0.2, -0.15) is 0 Å². The molecule has 7 heteroatoms. The highest BCUT2D eigenvalue weighted by Gasteiger charge is 2.16. The van der Waals surface area contributed by atoms with Gasteiger partial charge in [-0.05, 0) is 36.4 Å². The second kappa shape index (κ2) is 9.22. The summed E-state index contributed by atoms with van der Waals surface area (Å²) in [4.78, 5) is 20.1. The molecule has 5 nitrogen and oxygen atoms in total. The zero-order chi connectivity index (χ0) is 20.2. The first-order valence-electron chi connectivity index (χ1n) is 9.55. The van der Waals surface area contributed by atoms with Crippen LogP contribution in [0.15, 0.2) is 53.0 Å². The number of nitrogens with one attached hydrogen (secondary N) is 1. The number of halogens is 2. The third kappa shape index (κ3) is 4.95. The molecule has 1 saturated heterocycles. The SMILES string of the molecule is O=C(NCCN1CCOCC1)c1cc(-c2cccc(Br)c2)nc2ccc(Cl)cc12. The van der Waals surface area contributed by atoms with E-state index >= 15 is 0 Å². The number of carbonyl (C=O) groups excluding carboxylic acids is 1. The van der Waals surface area contributed by atoms with Crippen LogP contribution in [0.5, 0.6) is 0 Å². The molecule has 4 rings (SSSR count). The minimum Gasteiger partial charge on any atom is -0.379 e. The Kier molecular flexibility index (Phi) is 6.45. The van der Waals surface area contributed by atoms with Crippen LogP contribution in [0.1, 0.15) is 10.4 Å². The highest BCUT2D eigenvalue weighted by molar-refractivity contribution is 9.10. The number of rotatable bonds is 5. The molecular formula is C22H21BrClN3O2. The Morgan fingerprint density at radius 3 is 2.79 bits per heavy atom. The molecule has 0 saturated carbocycles. The molecular weight excluding hydrogens is 454 g/mol. The van der Waals surface area contributed by atoms with E-state index < -0.39 is 0 Å². The highest BCUT2D eigenvalue weighted by Crippen LogP contribution is 2.28. The van der Waals surface area contributed by atoms with Gasteiger partial charge in [0.1, 0.15) is 0 Å². The molecule has 1 amide bonds. The lowest BCUT2D eigenvalue weighted by molar-refractivity contribution is 0.0383. The molecule has 29 heavy (non-hydrogen) atoms. The molecule has 1 aliphatic rings. The molecule has 0 atom stereocenters. The van der Waals surface area contributed by atoms with Gasteiger partial charge in [-0.3, -0.25) is 9.69 Å². The van der Waals surface area contributed by atoms with Crippen LogP contribution in [0, 0.1) is 0 Å². The van der Waals surface area contributed by atoms with Gasteiger partial charge in [-0.1, -0.05) is 39.7 Å². The van der Waals surface area contributed by atoms with Gasteiger partial charge in [0.05, 0.1) is 30.0 Å². The van der Waals surface area contributed by atoms with Gasteiger partial charge in [0.25, 0.3) is 5.91 Å². The van der Waals surface area contributed by atoms with Gasteiger partial charge in [-0.15, -0.1) is 0 Å². The number of morpholine rings is 1. The summed E-state index contributed by atoms with van der Waals surface area (Å²) >= 11 is 9.69. The highest BCUT2D eigenvalue weighted by atomic mass is 79.9. The van der Waals surface area contributed by atoms with Crippen LogP contribution < -0.4 is 5.32 Å². The Bertz CT molecular complexity index is 1040. The third-order valence-electron chi connectivity index (χ3n) is 4.95. The molecule has 2 aromatic carbocycles.